The molecule has 3 rings (SSSR count). The van der Waals surface area contributed by atoms with Crippen molar-refractivity contribution in [3.63, 3.8) is 0 Å². The van der Waals surface area contributed by atoms with Crippen LogP contribution in [0.1, 0.15) is 96.5 Å². The van der Waals surface area contributed by atoms with E-state index in [2.05, 4.69) is 57.0 Å². The van der Waals surface area contributed by atoms with Crippen molar-refractivity contribution < 1.29 is 0 Å². The molecule has 1 aromatic rings. The van der Waals surface area contributed by atoms with Gasteiger partial charge in [0.05, 0.1) is 0 Å². The molecule has 2 aliphatic heterocycles. The van der Waals surface area contributed by atoms with Gasteiger partial charge >= 0.3 is 180 Å². The van der Waals surface area contributed by atoms with Crippen LogP contribution in [-0.2, 0) is 0 Å². The van der Waals surface area contributed by atoms with Crippen molar-refractivity contribution in [1.29, 1.82) is 0 Å². The van der Waals surface area contributed by atoms with E-state index in [9.17, 15) is 0 Å². The van der Waals surface area contributed by atoms with Gasteiger partial charge in [-0.15, -0.1) is 0 Å². The van der Waals surface area contributed by atoms with Crippen LogP contribution in [-0.4, -0.2) is 42.4 Å². The Morgan fingerprint density at radius 2 is 1.25 bits per heavy atom. The summed E-state index contributed by atoms with van der Waals surface area (Å²) >= 11 is -2.24. The van der Waals surface area contributed by atoms with Crippen molar-refractivity contribution in [2.75, 3.05) is 7.05 Å². The first kappa shape index (κ1) is 22.7. The molecule has 28 heavy (non-hydrogen) atoms. The summed E-state index contributed by atoms with van der Waals surface area (Å²) in [6, 6.07) is 12.1. The number of hydrogen-bond donors (Lipinski definition) is 0. The van der Waals surface area contributed by atoms with Gasteiger partial charge in [-0.1, -0.05) is 0 Å². The zero-order chi connectivity index (χ0) is 20.0. The molecule has 1 nitrogen and oxygen atoms in total. The predicted octanol–water partition coefficient (Wildman–Crippen LogP) is 7.08. The summed E-state index contributed by atoms with van der Waals surface area (Å²) < 4.78 is 6.61. The van der Waals surface area contributed by atoms with Crippen LogP contribution in [0.15, 0.2) is 24.3 Å². The number of piperidine rings is 1. The summed E-state index contributed by atoms with van der Waals surface area (Å²) in [5.41, 5.74) is 1.65. The molecular weight excluding hydrogens is 445 g/mol. The fraction of sp³-hybridized carbons (Fsp3) is 0.769. The number of hydrogen-bond acceptors (Lipinski definition) is 1. The van der Waals surface area contributed by atoms with Gasteiger partial charge in [0.2, 0.25) is 0 Å². The summed E-state index contributed by atoms with van der Waals surface area (Å²) in [5, 5.41) is 0. The Bertz CT molecular complexity index is 545. The van der Waals surface area contributed by atoms with E-state index in [0.717, 1.165) is 18.0 Å². The van der Waals surface area contributed by atoms with Crippen LogP contribution in [0.2, 0.25) is 13.3 Å². The summed E-state index contributed by atoms with van der Waals surface area (Å²) in [7, 11) is 2.36. The van der Waals surface area contributed by atoms with Gasteiger partial charge in [-0.3, -0.25) is 0 Å². The van der Waals surface area contributed by atoms with E-state index in [1.54, 1.807) is 18.9 Å². The number of unbranched alkanes of at least 4 members (excludes halogenated alkanes) is 3. The van der Waals surface area contributed by atoms with Crippen LogP contribution >= 0.6 is 0 Å². The van der Waals surface area contributed by atoms with Gasteiger partial charge in [0.15, 0.2) is 0 Å². The molecule has 2 fully saturated rings. The zero-order valence-corrected chi connectivity index (χ0v) is 22.0. The summed E-state index contributed by atoms with van der Waals surface area (Å²) in [6.45, 7) is 7.15. The second-order valence-electron chi connectivity index (χ2n) is 9.93. The van der Waals surface area contributed by atoms with Crippen LogP contribution in [0, 0.1) is 0 Å². The topological polar surface area (TPSA) is 3.24 Å². The van der Waals surface area contributed by atoms with Crippen molar-refractivity contribution >= 4 is 22.0 Å². The Morgan fingerprint density at radius 1 is 0.786 bits per heavy atom. The molecule has 2 saturated heterocycles. The van der Waals surface area contributed by atoms with Gasteiger partial charge in [0.1, 0.15) is 0 Å². The molecule has 2 heteroatoms. The first-order valence-electron chi connectivity index (χ1n) is 12.5. The third-order valence-corrected chi connectivity index (χ3v) is 23.8. The average molecular weight is 490 g/mol. The molecule has 3 atom stereocenters. The Labute approximate surface area is 179 Å². The molecule has 0 spiro atoms. The number of nitrogens with zero attached hydrogens (tertiary/aromatic N) is 1. The minimum absolute atomic E-state index is 0.814. The number of rotatable bonds is 11. The third kappa shape index (κ3) is 5.17. The van der Waals surface area contributed by atoms with Crippen LogP contribution in [0.3, 0.4) is 0 Å². The summed E-state index contributed by atoms with van der Waals surface area (Å²) in [5.74, 6) is 0.814. The first-order valence-corrected chi connectivity index (χ1v) is 19.9. The molecule has 0 N–H and O–H groups in total. The van der Waals surface area contributed by atoms with Crippen molar-refractivity contribution in [3.05, 3.63) is 29.8 Å². The molecule has 1 unspecified atom stereocenters. The molecule has 0 radical (unpaired) electrons. The van der Waals surface area contributed by atoms with E-state index in [1.807, 2.05) is 3.58 Å². The normalized spacial score (nSPS) is 25.4. The SMILES string of the molecule is CCC[CH2][Sn]([CH2]CCC)([CH2]CCC)[c]1ccc(C2C[C@H]3CC[C@@H](C2)N3C)cc1. The summed E-state index contributed by atoms with van der Waals surface area (Å²) in [6.07, 6.45) is 14.1. The quantitative estimate of drug-likeness (QED) is 0.300. The molecule has 1 aromatic carbocycles. The fourth-order valence-electron chi connectivity index (χ4n) is 6.15. The number of fused-ring (bicyclic) bond motifs is 2. The second-order valence-corrected chi connectivity index (χ2v) is 23.2. The van der Waals surface area contributed by atoms with E-state index in [4.69, 9.17) is 0 Å². The maximum absolute atomic E-state index is 2.67. The Morgan fingerprint density at radius 3 is 1.68 bits per heavy atom. The van der Waals surface area contributed by atoms with E-state index < -0.39 is 18.4 Å². The van der Waals surface area contributed by atoms with Gasteiger partial charge in [-0.05, 0) is 0 Å². The molecule has 158 valence electrons. The molecule has 2 aliphatic rings. The second kappa shape index (κ2) is 10.8. The van der Waals surface area contributed by atoms with Crippen LogP contribution in [0.25, 0.3) is 0 Å². The molecule has 0 saturated carbocycles. The standard InChI is InChI=1S/C14H18N.3C4H9.Sn/c1-15-13-7-8-14(15)10-12(9-13)11-5-3-2-4-6-11;3*1-3-4-2;/h3-6,12-14H,7-10H2,1H3;3*1,3-4H2,2H3;/t12?,13-,14+;;;;. The molecule has 0 aromatic heterocycles. The number of benzene rings is 1. The summed E-state index contributed by atoms with van der Waals surface area (Å²) in [4.78, 5) is 2.67. The Hall–Kier alpha value is -0.0213. The minimum atomic E-state index is -2.24. The molecule has 0 amide bonds. The van der Waals surface area contributed by atoms with Gasteiger partial charge in [0.25, 0.3) is 0 Å². The fourth-order valence-corrected chi connectivity index (χ4v) is 22.1. The molecule has 2 bridgehead atoms. The Kier molecular flexibility index (Phi) is 8.77. The first-order chi connectivity index (χ1) is 13.6. The van der Waals surface area contributed by atoms with Crippen molar-refractivity contribution in [2.24, 2.45) is 0 Å². The van der Waals surface area contributed by atoms with Crippen molar-refractivity contribution in [2.45, 2.75) is 116 Å². The monoisotopic (exact) mass is 491 g/mol. The van der Waals surface area contributed by atoms with Gasteiger partial charge < -0.3 is 0 Å². The zero-order valence-electron chi connectivity index (χ0n) is 19.2. The van der Waals surface area contributed by atoms with Crippen LogP contribution in [0.4, 0.5) is 0 Å². The van der Waals surface area contributed by atoms with Gasteiger partial charge in [-0.2, -0.15) is 0 Å². The molecule has 2 heterocycles. The molecular formula is C26H45NSn. The van der Waals surface area contributed by atoms with Crippen molar-refractivity contribution in [1.82, 2.24) is 4.90 Å². The predicted molar refractivity (Wildman–Crippen MR) is 128 cm³/mol. The average Bonchev–Trinajstić information content (AvgIpc) is 2.94. The van der Waals surface area contributed by atoms with E-state index >= 15 is 0 Å². The van der Waals surface area contributed by atoms with Crippen LogP contribution in [0.5, 0.6) is 0 Å². The van der Waals surface area contributed by atoms with E-state index in [1.165, 1.54) is 64.2 Å². The maximum atomic E-state index is 2.67. The van der Waals surface area contributed by atoms with Crippen LogP contribution < -0.4 is 3.58 Å². The van der Waals surface area contributed by atoms with E-state index in [0.29, 0.717) is 0 Å². The van der Waals surface area contributed by atoms with Gasteiger partial charge in [0, 0.05) is 0 Å². The van der Waals surface area contributed by atoms with Gasteiger partial charge in [-0.25, -0.2) is 0 Å². The Balaban J connectivity index is 1.78. The van der Waals surface area contributed by atoms with E-state index in [-0.39, 0.29) is 0 Å². The molecule has 0 aliphatic carbocycles. The van der Waals surface area contributed by atoms with Crippen molar-refractivity contribution in [3.8, 4) is 0 Å². The third-order valence-electron chi connectivity index (χ3n) is 8.12.